The number of ketones is 1. The number of hydrogen-bond acceptors (Lipinski definition) is 2. The summed E-state index contributed by atoms with van der Waals surface area (Å²) >= 11 is 0. The summed E-state index contributed by atoms with van der Waals surface area (Å²) in [4.78, 5) is 12.1. The molecule has 0 saturated heterocycles. The lowest BCUT2D eigenvalue weighted by Crippen LogP contribution is -2.45. The van der Waals surface area contributed by atoms with Crippen molar-refractivity contribution in [2.75, 3.05) is 6.54 Å². The van der Waals surface area contributed by atoms with Gasteiger partial charge in [-0.1, -0.05) is 18.6 Å². The number of Topliss-reactive ketones (excluding diaryl/α,β-unsaturated/α-hetero) is 1. The monoisotopic (exact) mass is 271 g/mol. The van der Waals surface area contributed by atoms with Crippen LogP contribution < -0.4 is 5.73 Å². The Bertz CT molecular complexity index is 455. The average molecular weight is 271 g/mol. The van der Waals surface area contributed by atoms with Gasteiger partial charge in [-0.3, -0.25) is 4.79 Å². The number of benzene rings is 1. The zero-order chi connectivity index (χ0) is 14.1. The molecule has 1 aliphatic carbocycles. The Morgan fingerprint density at radius 1 is 1.21 bits per heavy atom. The first kappa shape index (κ1) is 14.1. The minimum absolute atomic E-state index is 0.0426. The van der Waals surface area contributed by atoms with Crippen LogP contribution in [0.3, 0.4) is 0 Å². The number of nitrogens with two attached hydrogens (primary N) is 1. The van der Waals surface area contributed by atoms with Gasteiger partial charge in [0.15, 0.2) is 0 Å². The van der Waals surface area contributed by atoms with Crippen LogP contribution in [0.15, 0.2) is 24.3 Å². The molecule has 19 heavy (non-hydrogen) atoms. The van der Waals surface area contributed by atoms with Crippen LogP contribution in [-0.2, 0) is 17.4 Å². The molecule has 1 saturated carbocycles. The predicted molar refractivity (Wildman–Crippen MR) is 65.5 cm³/mol. The number of halogens is 3. The molecular formula is C14H16F3NO. The fourth-order valence-electron chi connectivity index (χ4n) is 2.38. The molecule has 0 spiro atoms. The van der Waals surface area contributed by atoms with E-state index in [0.29, 0.717) is 12.1 Å². The molecule has 2 N–H and O–H groups in total. The molecule has 1 aliphatic rings. The molecule has 0 aliphatic heterocycles. The van der Waals surface area contributed by atoms with Gasteiger partial charge >= 0.3 is 6.18 Å². The van der Waals surface area contributed by atoms with E-state index in [0.717, 1.165) is 31.4 Å². The second-order valence-electron chi connectivity index (χ2n) is 5.13. The number of rotatable bonds is 4. The van der Waals surface area contributed by atoms with E-state index in [-0.39, 0.29) is 12.2 Å². The Balaban J connectivity index is 2.06. The van der Waals surface area contributed by atoms with Crippen LogP contribution in [0.2, 0.25) is 0 Å². The van der Waals surface area contributed by atoms with Crippen LogP contribution in [0.1, 0.15) is 30.4 Å². The van der Waals surface area contributed by atoms with Gasteiger partial charge in [0.25, 0.3) is 0 Å². The highest BCUT2D eigenvalue weighted by Gasteiger charge is 2.42. The second-order valence-corrected chi connectivity index (χ2v) is 5.13. The fraction of sp³-hybridized carbons (Fsp3) is 0.500. The minimum atomic E-state index is -4.34. The minimum Gasteiger partial charge on any atom is -0.329 e. The number of carbonyl (C=O) groups is 1. The van der Waals surface area contributed by atoms with Gasteiger partial charge in [0.1, 0.15) is 5.78 Å². The Morgan fingerprint density at radius 2 is 1.79 bits per heavy atom. The van der Waals surface area contributed by atoms with Crippen LogP contribution in [0.4, 0.5) is 13.2 Å². The molecule has 1 aromatic rings. The van der Waals surface area contributed by atoms with Crippen LogP contribution >= 0.6 is 0 Å². The summed E-state index contributed by atoms with van der Waals surface area (Å²) in [5.41, 5.74) is 5.12. The molecule has 2 nitrogen and oxygen atoms in total. The maximum atomic E-state index is 12.4. The summed E-state index contributed by atoms with van der Waals surface area (Å²) in [5.74, 6) is 0.0426. The third-order valence-electron chi connectivity index (χ3n) is 3.94. The highest BCUT2D eigenvalue weighted by Crippen LogP contribution is 2.41. The quantitative estimate of drug-likeness (QED) is 0.915. The van der Waals surface area contributed by atoms with E-state index in [9.17, 15) is 18.0 Å². The van der Waals surface area contributed by atoms with E-state index in [1.54, 1.807) is 0 Å². The summed E-state index contributed by atoms with van der Waals surface area (Å²) in [6.07, 6.45) is -1.59. The SMILES string of the molecule is NCC1(C(=O)Cc2ccc(C(F)(F)F)cc2)CCC1. The molecule has 0 aromatic heterocycles. The lowest BCUT2D eigenvalue weighted by Gasteiger charge is -2.39. The lowest BCUT2D eigenvalue weighted by molar-refractivity contribution is -0.137. The number of carbonyl (C=O) groups excluding carboxylic acids is 1. The fourth-order valence-corrected chi connectivity index (χ4v) is 2.38. The van der Waals surface area contributed by atoms with Crippen molar-refractivity contribution in [3.05, 3.63) is 35.4 Å². The molecule has 0 heterocycles. The Kier molecular flexibility index (Phi) is 3.67. The lowest BCUT2D eigenvalue weighted by atomic mass is 9.65. The highest BCUT2D eigenvalue weighted by molar-refractivity contribution is 5.87. The Morgan fingerprint density at radius 3 is 2.16 bits per heavy atom. The third-order valence-corrected chi connectivity index (χ3v) is 3.94. The van der Waals surface area contributed by atoms with Crippen molar-refractivity contribution < 1.29 is 18.0 Å². The zero-order valence-corrected chi connectivity index (χ0v) is 10.5. The van der Waals surface area contributed by atoms with E-state index >= 15 is 0 Å². The first-order chi connectivity index (χ1) is 8.87. The average Bonchev–Trinajstić information content (AvgIpc) is 2.27. The molecule has 1 aromatic carbocycles. The van der Waals surface area contributed by atoms with Crippen molar-refractivity contribution in [3.63, 3.8) is 0 Å². The topological polar surface area (TPSA) is 43.1 Å². The molecule has 0 radical (unpaired) electrons. The predicted octanol–water partition coefficient (Wildman–Crippen LogP) is 2.95. The second kappa shape index (κ2) is 4.96. The molecule has 0 unspecified atom stereocenters. The molecule has 2 rings (SSSR count). The van der Waals surface area contributed by atoms with Gasteiger partial charge in [-0.25, -0.2) is 0 Å². The van der Waals surface area contributed by atoms with Gasteiger partial charge in [0.2, 0.25) is 0 Å². The van der Waals surface area contributed by atoms with Crippen molar-refractivity contribution in [2.24, 2.45) is 11.1 Å². The van der Waals surface area contributed by atoms with Crippen molar-refractivity contribution >= 4 is 5.78 Å². The summed E-state index contributed by atoms with van der Waals surface area (Å²) < 4.78 is 37.2. The van der Waals surface area contributed by atoms with Crippen LogP contribution in [0.5, 0.6) is 0 Å². The molecular weight excluding hydrogens is 255 g/mol. The molecule has 1 fully saturated rings. The summed E-state index contributed by atoms with van der Waals surface area (Å²) in [6, 6.07) is 4.75. The van der Waals surface area contributed by atoms with E-state index in [1.165, 1.54) is 12.1 Å². The third kappa shape index (κ3) is 2.81. The van der Waals surface area contributed by atoms with E-state index < -0.39 is 17.2 Å². The van der Waals surface area contributed by atoms with Crippen molar-refractivity contribution in [1.29, 1.82) is 0 Å². The van der Waals surface area contributed by atoms with Gasteiger partial charge in [-0.2, -0.15) is 13.2 Å². The van der Waals surface area contributed by atoms with E-state index in [2.05, 4.69) is 0 Å². The molecule has 0 amide bonds. The van der Waals surface area contributed by atoms with E-state index in [4.69, 9.17) is 5.73 Å². The van der Waals surface area contributed by atoms with Gasteiger partial charge in [0.05, 0.1) is 5.56 Å². The normalized spacial score (nSPS) is 17.9. The number of hydrogen-bond donors (Lipinski definition) is 1. The maximum absolute atomic E-state index is 12.4. The van der Waals surface area contributed by atoms with Crippen molar-refractivity contribution in [3.8, 4) is 0 Å². The van der Waals surface area contributed by atoms with Gasteiger partial charge in [-0.05, 0) is 30.5 Å². The van der Waals surface area contributed by atoms with Crippen molar-refractivity contribution in [2.45, 2.75) is 31.9 Å². The Hall–Kier alpha value is -1.36. The molecule has 5 heteroatoms. The summed E-state index contributed by atoms with van der Waals surface area (Å²) in [5, 5.41) is 0. The molecule has 0 bridgehead atoms. The van der Waals surface area contributed by atoms with Gasteiger partial charge in [-0.15, -0.1) is 0 Å². The maximum Gasteiger partial charge on any atom is 0.416 e. The smallest absolute Gasteiger partial charge is 0.329 e. The summed E-state index contributed by atoms with van der Waals surface area (Å²) in [7, 11) is 0. The summed E-state index contributed by atoms with van der Waals surface area (Å²) in [6.45, 7) is 0.326. The van der Waals surface area contributed by atoms with Crippen LogP contribution in [0, 0.1) is 5.41 Å². The van der Waals surface area contributed by atoms with Crippen LogP contribution in [-0.4, -0.2) is 12.3 Å². The first-order valence-corrected chi connectivity index (χ1v) is 6.27. The first-order valence-electron chi connectivity index (χ1n) is 6.27. The molecule has 104 valence electrons. The zero-order valence-electron chi connectivity index (χ0n) is 10.5. The van der Waals surface area contributed by atoms with Crippen molar-refractivity contribution in [1.82, 2.24) is 0 Å². The van der Waals surface area contributed by atoms with Gasteiger partial charge < -0.3 is 5.73 Å². The standard InChI is InChI=1S/C14H16F3NO/c15-14(16,17)11-4-2-10(3-5-11)8-12(19)13(9-18)6-1-7-13/h2-5H,1,6-9,18H2. The van der Waals surface area contributed by atoms with Crippen LogP contribution in [0.25, 0.3) is 0 Å². The number of alkyl halides is 3. The van der Waals surface area contributed by atoms with Gasteiger partial charge in [0, 0.05) is 18.4 Å². The Labute approximate surface area is 109 Å². The van der Waals surface area contributed by atoms with E-state index in [1.807, 2.05) is 0 Å². The molecule has 0 atom stereocenters. The highest BCUT2D eigenvalue weighted by atomic mass is 19.4. The largest absolute Gasteiger partial charge is 0.416 e.